The third-order valence-electron chi connectivity index (χ3n) is 5.46. The van der Waals surface area contributed by atoms with Gasteiger partial charge in [-0.3, -0.25) is 9.79 Å². The van der Waals surface area contributed by atoms with Crippen LogP contribution < -0.4 is 15.5 Å². The number of carbonyl (C=O) groups excluding carboxylic acids is 1. The van der Waals surface area contributed by atoms with Gasteiger partial charge < -0.3 is 20.4 Å². The van der Waals surface area contributed by atoms with Gasteiger partial charge in [-0.25, -0.2) is 0 Å². The number of benzene rings is 1. The van der Waals surface area contributed by atoms with Gasteiger partial charge in [-0.05, 0) is 56.2 Å². The van der Waals surface area contributed by atoms with Crippen LogP contribution in [-0.2, 0) is 11.3 Å². The summed E-state index contributed by atoms with van der Waals surface area (Å²) >= 11 is 0. The lowest BCUT2D eigenvalue weighted by atomic mass is 10.1. The average Bonchev–Trinajstić information content (AvgIpc) is 3.53. The monoisotopic (exact) mass is 385 g/mol. The minimum Gasteiger partial charge on any atom is -0.372 e. The number of anilines is 1. The van der Waals surface area contributed by atoms with Crippen molar-refractivity contribution in [2.45, 2.75) is 57.5 Å². The normalized spacial score (nSPS) is 17.4. The number of piperidine rings is 1. The summed E-state index contributed by atoms with van der Waals surface area (Å²) in [4.78, 5) is 20.7. The number of hydrogen-bond acceptors (Lipinski definition) is 3. The molecule has 1 heterocycles. The summed E-state index contributed by atoms with van der Waals surface area (Å²) in [7, 11) is 3.85. The molecule has 1 aliphatic carbocycles. The van der Waals surface area contributed by atoms with Crippen molar-refractivity contribution in [3.63, 3.8) is 0 Å². The Bertz CT molecular complexity index is 647. The second kappa shape index (κ2) is 10.3. The van der Waals surface area contributed by atoms with Gasteiger partial charge >= 0.3 is 0 Å². The highest BCUT2D eigenvalue weighted by Crippen LogP contribution is 2.20. The van der Waals surface area contributed by atoms with E-state index in [-0.39, 0.29) is 5.91 Å². The van der Waals surface area contributed by atoms with E-state index in [0.29, 0.717) is 12.5 Å². The van der Waals surface area contributed by atoms with Crippen LogP contribution in [0.5, 0.6) is 0 Å². The molecule has 1 aromatic carbocycles. The predicted molar refractivity (Wildman–Crippen MR) is 116 cm³/mol. The van der Waals surface area contributed by atoms with Crippen LogP contribution in [0.1, 0.15) is 50.5 Å². The summed E-state index contributed by atoms with van der Waals surface area (Å²) < 4.78 is 0. The van der Waals surface area contributed by atoms with Gasteiger partial charge in [0.15, 0.2) is 5.96 Å². The summed E-state index contributed by atoms with van der Waals surface area (Å²) in [6, 6.07) is 9.36. The number of amides is 1. The smallest absolute Gasteiger partial charge is 0.220 e. The highest BCUT2D eigenvalue weighted by Gasteiger charge is 2.22. The summed E-state index contributed by atoms with van der Waals surface area (Å²) in [6.45, 7) is 3.91. The van der Waals surface area contributed by atoms with E-state index in [0.717, 1.165) is 38.3 Å². The van der Waals surface area contributed by atoms with Crippen molar-refractivity contribution in [1.29, 1.82) is 0 Å². The second-order valence-electron chi connectivity index (χ2n) is 7.99. The first kappa shape index (κ1) is 20.5. The molecule has 1 aliphatic heterocycles. The Hall–Kier alpha value is -2.24. The molecule has 1 saturated heterocycles. The lowest BCUT2D eigenvalue weighted by Gasteiger charge is -2.29. The quantitative estimate of drug-likeness (QED) is 0.410. The van der Waals surface area contributed by atoms with E-state index in [4.69, 9.17) is 0 Å². The molecule has 0 aromatic heterocycles. The molecule has 0 spiro atoms. The van der Waals surface area contributed by atoms with Crippen molar-refractivity contribution in [2.24, 2.45) is 4.99 Å². The van der Waals surface area contributed by atoms with Gasteiger partial charge in [0.05, 0.1) is 0 Å². The molecule has 0 atom stereocenters. The van der Waals surface area contributed by atoms with Crippen molar-refractivity contribution in [1.82, 2.24) is 15.5 Å². The first-order valence-electron chi connectivity index (χ1n) is 10.7. The molecule has 1 amide bonds. The van der Waals surface area contributed by atoms with Crippen molar-refractivity contribution in [2.75, 3.05) is 38.6 Å². The molecule has 2 aliphatic rings. The molecule has 154 valence electrons. The molecule has 28 heavy (non-hydrogen) atoms. The molecular weight excluding hydrogens is 350 g/mol. The number of carbonyl (C=O) groups is 1. The Kier molecular flexibility index (Phi) is 7.57. The first-order valence-corrected chi connectivity index (χ1v) is 10.7. The van der Waals surface area contributed by atoms with Crippen LogP contribution >= 0.6 is 0 Å². The summed E-state index contributed by atoms with van der Waals surface area (Å²) in [5.74, 6) is 1.03. The fourth-order valence-electron chi connectivity index (χ4n) is 3.67. The van der Waals surface area contributed by atoms with E-state index < -0.39 is 0 Å². The zero-order valence-corrected chi connectivity index (χ0v) is 17.4. The average molecular weight is 386 g/mol. The lowest BCUT2D eigenvalue weighted by Crippen LogP contribution is -2.39. The molecule has 3 rings (SSSR count). The maximum atomic E-state index is 11.7. The highest BCUT2D eigenvalue weighted by molar-refractivity contribution is 5.80. The maximum absolute atomic E-state index is 11.7. The van der Waals surface area contributed by atoms with Crippen molar-refractivity contribution in [3.8, 4) is 0 Å². The van der Waals surface area contributed by atoms with Gasteiger partial charge in [0.25, 0.3) is 0 Å². The minimum atomic E-state index is 0.168. The predicted octanol–water partition coefficient (Wildman–Crippen LogP) is 2.74. The maximum Gasteiger partial charge on any atom is 0.220 e. The molecule has 6 heteroatoms. The van der Waals surface area contributed by atoms with Gasteiger partial charge in [0, 0.05) is 58.4 Å². The number of rotatable bonds is 8. The Morgan fingerprint density at radius 2 is 1.89 bits per heavy atom. The lowest BCUT2D eigenvalue weighted by molar-refractivity contribution is -0.121. The van der Waals surface area contributed by atoms with Gasteiger partial charge in [0.2, 0.25) is 5.91 Å². The number of guanidine groups is 1. The zero-order chi connectivity index (χ0) is 19.8. The Morgan fingerprint density at radius 3 is 2.54 bits per heavy atom. The van der Waals surface area contributed by atoms with Crippen LogP contribution in [0.25, 0.3) is 0 Å². The Morgan fingerprint density at radius 1 is 1.18 bits per heavy atom. The van der Waals surface area contributed by atoms with Gasteiger partial charge in [-0.1, -0.05) is 12.1 Å². The molecule has 0 unspecified atom stereocenters. The van der Waals surface area contributed by atoms with Crippen molar-refractivity contribution >= 4 is 17.6 Å². The van der Waals surface area contributed by atoms with Crippen molar-refractivity contribution < 1.29 is 4.79 Å². The van der Waals surface area contributed by atoms with Crippen LogP contribution in [0.4, 0.5) is 5.69 Å². The number of hydrogen-bond donors (Lipinski definition) is 2. The molecule has 0 radical (unpaired) electrons. The number of nitrogens with one attached hydrogen (secondary N) is 2. The molecule has 2 N–H and O–H groups in total. The van der Waals surface area contributed by atoms with E-state index in [2.05, 4.69) is 49.7 Å². The van der Waals surface area contributed by atoms with E-state index in [1.54, 1.807) is 7.05 Å². The minimum absolute atomic E-state index is 0.168. The molecule has 1 aromatic rings. The van der Waals surface area contributed by atoms with E-state index in [1.807, 2.05) is 7.05 Å². The van der Waals surface area contributed by atoms with Crippen molar-refractivity contribution in [3.05, 3.63) is 29.8 Å². The summed E-state index contributed by atoms with van der Waals surface area (Å²) in [5.41, 5.74) is 2.60. The molecular formula is C22H35N5O. The largest absolute Gasteiger partial charge is 0.372 e. The van der Waals surface area contributed by atoms with Crippen LogP contribution in [0.3, 0.4) is 0 Å². The van der Waals surface area contributed by atoms with Crippen LogP contribution in [0.15, 0.2) is 29.3 Å². The third-order valence-corrected chi connectivity index (χ3v) is 5.46. The Balaban J connectivity index is 1.40. The Labute approximate surface area is 169 Å². The fraction of sp³-hybridized carbons (Fsp3) is 0.636. The van der Waals surface area contributed by atoms with Crippen LogP contribution in [0.2, 0.25) is 0 Å². The molecule has 2 fully saturated rings. The van der Waals surface area contributed by atoms with Gasteiger partial charge in [-0.15, -0.1) is 0 Å². The fourth-order valence-corrected chi connectivity index (χ4v) is 3.67. The number of aliphatic imine (C=N–C) groups is 1. The molecule has 0 bridgehead atoms. The SMILES string of the molecule is CN=C(NCCCC(=O)NC1CC1)N(C)Cc1ccc(N2CCCCC2)cc1. The standard InChI is InChI=1S/C22H35N5O/c1-23-22(24-14-6-7-21(28)25-19-10-11-19)26(2)17-18-8-12-20(13-9-18)27-15-4-3-5-16-27/h8-9,12-13,19H,3-7,10-11,14-17H2,1-2H3,(H,23,24)(H,25,28). The summed E-state index contributed by atoms with van der Waals surface area (Å²) in [5, 5.41) is 6.39. The first-order chi connectivity index (χ1) is 13.7. The van der Waals surface area contributed by atoms with Crippen LogP contribution in [0, 0.1) is 0 Å². The second-order valence-corrected chi connectivity index (χ2v) is 7.99. The third kappa shape index (κ3) is 6.43. The van der Waals surface area contributed by atoms with E-state index in [9.17, 15) is 4.79 Å². The van der Waals surface area contributed by atoms with E-state index in [1.165, 1.54) is 43.6 Å². The van der Waals surface area contributed by atoms with Gasteiger partial charge in [-0.2, -0.15) is 0 Å². The van der Waals surface area contributed by atoms with Gasteiger partial charge in [0.1, 0.15) is 0 Å². The van der Waals surface area contributed by atoms with E-state index >= 15 is 0 Å². The topological polar surface area (TPSA) is 60.0 Å². The highest BCUT2D eigenvalue weighted by atomic mass is 16.1. The molecule has 1 saturated carbocycles. The zero-order valence-electron chi connectivity index (χ0n) is 17.4. The summed E-state index contributed by atoms with van der Waals surface area (Å²) in [6.07, 6.45) is 7.62. The van der Waals surface area contributed by atoms with Crippen LogP contribution in [-0.4, -0.2) is 56.5 Å². The molecule has 6 nitrogen and oxygen atoms in total. The number of nitrogens with zero attached hydrogens (tertiary/aromatic N) is 3.